The third-order valence-electron chi connectivity index (χ3n) is 4.03. The number of hydrazone groups is 1. The highest BCUT2D eigenvalue weighted by Crippen LogP contribution is 2.34. The van der Waals surface area contributed by atoms with Gasteiger partial charge in [0.25, 0.3) is 5.91 Å². The molecule has 0 aromatic heterocycles. The largest absolute Gasteiger partial charge is 0.493 e. The second kappa shape index (κ2) is 10.4. The Balaban J connectivity index is 1.68. The van der Waals surface area contributed by atoms with Gasteiger partial charge in [-0.3, -0.25) is 4.79 Å². The second-order valence-electron chi connectivity index (χ2n) is 6.16. The maximum absolute atomic E-state index is 12.9. The first-order valence-electron chi connectivity index (χ1n) is 8.80. The number of amides is 1. The first-order valence-corrected chi connectivity index (χ1v) is 10.3. The van der Waals surface area contributed by atoms with E-state index in [1.165, 1.54) is 30.5 Å². The lowest BCUT2D eigenvalue weighted by atomic mass is 10.2. The standard InChI is InChI=1S/C22H17ClFIN2O3/c1-29-20-11-15(12-26-27-22(28)16-4-8-18(24)9-5-16)10-19(25)21(20)30-13-14-2-6-17(23)7-3-14/h2-12H,13H2,1H3,(H,27,28)/b26-12-. The number of halogens is 3. The summed E-state index contributed by atoms with van der Waals surface area (Å²) in [5, 5.41) is 4.63. The lowest BCUT2D eigenvalue weighted by Gasteiger charge is -2.13. The lowest BCUT2D eigenvalue weighted by Crippen LogP contribution is -2.17. The molecule has 0 heterocycles. The summed E-state index contributed by atoms with van der Waals surface area (Å²) in [6.45, 7) is 0.366. The Morgan fingerprint density at radius 3 is 2.53 bits per heavy atom. The molecule has 8 heteroatoms. The van der Waals surface area contributed by atoms with Crippen LogP contribution in [0.25, 0.3) is 0 Å². The fraction of sp³-hybridized carbons (Fsp3) is 0.0909. The predicted molar refractivity (Wildman–Crippen MR) is 123 cm³/mol. The SMILES string of the molecule is COc1cc(/C=N\NC(=O)c2ccc(F)cc2)cc(I)c1OCc1ccc(Cl)cc1. The highest BCUT2D eigenvalue weighted by molar-refractivity contribution is 14.1. The van der Waals surface area contributed by atoms with Crippen LogP contribution in [0.2, 0.25) is 5.02 Å². The highest BCUT2D eigenvalue weighted by Gasteiger charge is 2.12. The summed E-state index contributed by atoms with van der Waals surface area (Å²) in [6.07, 6.45) is 1.50. The van der Waals surface area contributed by atoms with Crippen LogP contribution in [-0.4, -0.2) is 19.2 Å². The fourth-order valence-electron chi connectivity index (χ4n) is 2.52. The minimum Gasteiger partial charge on any atom is -0.493 e. The van der Waals surface area contributed by atoms with Crippen molar-refractivity contribution in [1.82, 2.24) is 5.43 Å². The Bertz CT molecular complexity index is 1060. The van der Waals surface area contributed by atoms with Crippen LogP contribution in [0.1, 0.15) is 21.5 Å². The van der Waals surface area contributed by atoms with Crippen LogP contribution >= 0.6 is 34.2 Å². The van der Waals surface area contributed by atoms with E-state index in [0.29, 0.717) is 28.7 Å². The molecule has 0 bridgehead atoms. The molecule has 0 spiro atoms. The van der Waals surface area contributed by atoms with Gasteiger partial charge in [0.15, 0.2) is 11.5 Å². The summed E-state index contributed by atoms with van der Waals surface area (Å²) in [6, 6.07) is 16.2. The molecule has 5 nitrogen and oxygen atoms in total. The van der Waals surface area contributed by atoms with Gasteiger partial charge < -0.3 is 9.47 Å². The highest BCUT2D eigenvalue weighted by atomic mass is 127. The van der Waals surface area contributed by atoms with Crippen molar-refractivity contribution in [3.05, 3.63) is 91.8 Å². The van der Waals surface area contributed by atoms with Crippen LogP contribution in [-0.2, 0) is 6.61 Å². The summed E-state index contributed by atoms with van der Waals surface area (Å²) in [4.78, 5) is 12.0. The Labute approximate surface area is 192 Å². The van der Waals surface area contributed by atoms with Crippen molar-refractivity contribution in [3.63, 3.8) is 0 Å². The van der Waals surface area contributed by atoms with Gasteiger partial charge in [0, 0.05) is 10.6 Å². The molecule has 154 valence electrons. The van der Waals surface area contributed by atoms with Gasteiger partial charge in [0.2, 0.25) is 0 Å². The number of carbonyl (C=O) groups excluding carboxylic acids is 1. The molecule has 3 aromatic rings. The van der Waals surface area contributed by atoms with Crippen molar-refractivity contribution in [2.75, 3.05) is 7.11 Å². The molecule has 0 radical (unpaired) electrons. The zero-order valence-electron chi connectivity index (χ0n) is 15.9. The summed E-state index contributed by atoms with van der Waals surface area (Å²) >= 11 is 8.06. The summed E-state index contributed by atoms with van der Waals surface area (Å²) in [7, 11) is 1.55. The molecule has 1 amide bonds. The van der Waals surface area contributed by atoms with Crippen molar-refractivity contribution in [1.29, 1.82) is 0 Å². The Kier molecular flexibility index (Phi) is 7.64. The number of carbonyl (C=O) groups is 1. The quantitative estimate of drug-likeness (QED) is 0.248. The molecule has 0 atom stereocenters. The lowest BCUT2D eigenvalue weighted by molar-refractivity contribution is 0.0955. The average Bonchev–Trinajstić information content (AvgIpc) is 2.74. The van der Waals surface area contributed by atoms with Crippen molar-refractivity contribution in [3.8, 4) is 11.5 Å². The number of ether oxygens (including phenoxy) is 2. The van der Waals surface area contributed by atoms with E-state index in [0.717, 1.165) is 14.7 Å². The topological polar surface area (TPSA) is 59.9 Å². The first kappa shape index (κ1) is 22.0. The van der Waals surface area contributed by atoms with Crippen LogP contribution in [0.15, 0.2) is 65.8 Å². The van der Waals surface area contributed by atoms with Crippen LogP contribution in [0.5, 0.6) is 11.5 Å². The number of nitrogens with zero attached hydrogens (tertiary/aromatic N) is 1. The van der Waals surface area contributed by atoms with Gasteiger partial charge in [-0.25, -0.2) is 9.82 Å². The average molecular weight is 539 g/mol. The van der Waals surface area contributed by atoms with E-state index in [1.807, 2.05) is 30.3 Å². The summed E-state index contributed by atoms with van der Waals surface area (Å²) in [5.74, 6) is 0.314. The second-order valence-corrected chi connectivity index (χ2v) is 7.75. The molecule has 0 aliphatic rings. The summed E-state index contributed by atoms with van der Waals surface area (Å²) < 4.78 is 25.1. The molecule has 0 aliphatic heterocycles. The third-order valence-corrected chi connectivity index (χ3v) is 5.09. The van der Waals surface area contributed by atoms with E-state index >= 15 is 0 Å². The number of methoxy groups -OCH3 is 1. The van der Waals surface area contributed by atoms with E-state index in [4.69, 9.17) is 21.1 Å². The number of hydrogen-bond acceptors (Lipinski definition) is 4. The van der Waals surface area contributed by atoms with Gasteiger partial charge in [-0.15, -0.1) is 0 Å². The van der Waals surface area contributed by atoms with Gasteiger partial charge in [-0.05, 0) is 82.2 Å². The third kappa shape index (κ3) is 5.93. The molecule has 0 saturated heterocycles. The van der Waals surface area contributed by atoms with E-state index in [9.17, 15) is 9.18 Å². The Morgan fingerprint density at radius 2 is 1.87 bits per heavy atom. The zero-order valence-corrected chi connectivity index (χ0v) is 18.8. The van der Waals surface area contributed by atoms with Gasteiger partial charge in [-0.1, -0.05) is 23.7 Å². The van der Waals surface area contributed by atoms with Crippen molar-refractivity contribution < 1.29 is 18.7 Å². The predicted octanol–water partition coefficient (Wildman–Crippen LogP) is 5.44. The number of rotatable bonds is 7. The van der Waals surface area contributed by atoms with Crippen molar-refractivity contribution >= 4 is 46.3 Å². The van der Waals surface area contributed by atoms with Crippen LogP contribution < -0.4 is 14.9 Å². The Morgan fingerprint density at radius 1 is 1.17 bits per heavy atom. The van der Waals surface area contributed by atoms with Crippen molar-refractivity contribution in [2.24, 2.45) is 5.10 Å². The number of benzene rings is 3. The molecule has 30 heavy (non-hydrogen) atoms. The molecule has 0 aliphatic carbocycles. The van der Waals surface area contributed by atoms with Crippen LogP contribution in [0, 0.1) is 9.39 Å². The zero-order chi connectivity index (χ0) is 21.5. The first-order chi connectivity index (χ1) is 14.5. The number of hydrogen-bond donors (Lipinski definition) is 1. The molecular formula is C22H17ClFIN2O3. The molecule has 0 unspecified atom stereocenters. The minimum absolute atomic E-state index is 0.312. The van der Waals surface area contributed by atoms with Crippen molar-refractivity contribution in [2.45, 2.75) is 6.61 Å². The Hall–Kier alpha value is -2.65. The molecular weight excluding hydrogens is 522 g/mol. The molecule has 0 fully saturated rings. The minimum atomic E-state index is -0.434. The molecule has 0 saturated carbocycles. The van der Waals surface area contributed by atoms with Gasteiger partial charge in [0.1, 0.15) is 12.4 Å². The van der Waals surface area contributed by atoms with E-state index in [2.05, 4.69) is 33.1 Å². The normalized spacial score (nSPS) is 10.8. The molecule has 3 rings (SSSR count). The van der Waals surface area contributed by atoms with E-state index in [-0.39, 0.29) is 0 Å². The van der Waals surface area contributed by atoms with E-state index in [1.54, 1.807) is 13.2 Å². The summed E-state index contributed by atoms with van der Waals surface area (Å²) in [5.41, 5.74) is 4.42. The monoisotopic (exact) mass is 538 g/mol. The maximum Gasteiger partial charge on any atom is 0.271 e. The van der Waals surface area contributed by atoms with E-state index < -0.39 is 11.7 Å². The smallest absolute Gasteiger partial charge is 0.271 e. The van der Waals surface area contributed by atoms with Crippen LogP contribution in [0.3, 0.4) is 0 Å². The molecule has 3 aromatic carbocycles. The maximum atomic E-state index is 12.9. The van der Waals surface area contributed by atoms with Gasteiger partial charge in [0.05, 0.1) is 16.9 Å². The fourth-order valence-corrected chi connectivity index (χ4v) is 3.43. The van der Waals surface area contributed by atoms with Crippen LogP contribution in [0.4, 0.5) is 4.39 Å². The molecule has 1 N–H and O–H groups in total. The number of nitrogens with one attached hydrogen (secondary N) is 1. The van der Waals surface area contributed by atoms with Gasteiger partial charge >= 0.3 is 0 Å². The van der Waals surface area contributed by atoms with Gasteiger partial charge in [-0.2, -0.15) is 5.10 Å².